The molecule has 0 bridgehead atoms. The van der Waals surface area contributed by atoms with Gasteiger partial charge in [-0.05, 0) is 11.6 Å². The van der Waals surface area contributed by atoms with Crippen LogP contribution in [0.3, 0.4) is 0 Å². The molecule has 0 saturated carbocycles. The SMILES string of the molecule is O=C(O)Cc1ccc(NC(=O)C(F)(F)F)c([N+](=O)[O-])c1. The fourth-order valence-corrected chi connectivity index (χ4v) is 1.31. The summed E-state index contributed by atoms with van der Waals surface area (Å²) in [5, 5.41) is 20.6. The van der Waals surface area contributed by atoms with Crippen LogP contribution >= 0.6 is 0 Å². The quantitative estimate of drug-likeness (QED) is 0.648. The number of alkyl halides is 3. The Labute approximate surface area is 109 Å². The molecule has 0 aromatic heterocycles. The Bertz CT molecular complexity index is 571. The smallest absolute Gasteiger partial charge is 0.471 e. The number of carbonyl (C=O) groups excluding carboxylic acids is 1. The molecule has 0 saturated heterocycles. The average molecular weight is 292 g/mol. The fourth-order valence-electron chi connectivity index (χ4n) is 1.31. The van der Waals surface area contributed by atoms with Gasteiger partial charge >= 0.3 is 18.1 Å². The number of benzene rings is 1. The van der Waals surface area contributed by atoms with Crippen molar-refractivity contribution in [3.63, 3.8) is 0 Å². The zero-order chi connectivity index (χ0) is 15.5. The number of halogens is 3. The first-order valence-corrected chi connectivity index (χ1v) is 4.98. The molecule has 0 atom stereocenters. The van der Waals surface area contributed by atoms with Crippen molar-refractivity contribution < 1.29 is 32.8 Å². The van der Waals surface area contributed by atoms with E-state index in [0.717, 1.165) is 18.2 Å². The predicted molar refractivity (Wildman–Crippen MR) is 59.1 cm³/mol. The van der Waals surface area contributed by atoms with Crippen LogP contribution in [0, 0.1) is 10.1 Å². The van der Waals surface area contributed by atoms with Gasteiger partial charge in [0.05, 0.1) is 11.3 Å². The standard InChI is InChI=1S/C10H7F3N2O5/c11-10(12,13)9(18)14-6-2-1-5(4-8(16)17)3-7(6)15(19)20/h1-3H,4H2,(H,14,18)(H,16,17). The molecule has 10 heteroatoms. The average Bonchev–Trinajstić information content (AvgIpc) is 2.28. The van der Waals surface area contributed by atoms with Crippen LogP contribution in [0.15, 0.2) is 18.2 Å². The summed E-state index contributed by atoms with van der Waals surface area (Å²) < 4.78 is 36.2. The number of nitro benzene ring substituents is 1. The van der Waals surface area contributed by atoms with Crippen LogP contribution in [0.1, 0.15) is 5.56 Å². The minimum Gasteiger partial charge on any atom is -0.481 e. The summed E-state index contributed by atoms with van der Waals surface area (Å²) >= 11 is 0. The lowest BCUT2D eigenvalue weighted by Crippen LogP contribution is -2.30. The third-order valence-electron chi connectivity index (χ3n) is 2.12. The molecule has 2 N–H and O–H groups in total. The van der Waals surface area contributed by atoms with E-state index in [-0.39, 0.29) is 5.56 Å². The van der Waals surface area contributed by atoms with Crippen LogP contribution in [0.5, 0.6) is 0 Å². The van der Waals surface area contributed by atoms with E-state index in [0.29, 0.717) is 0 Å². The summed E-state index contributed by atoms with van der Waals surface area (Å²) in [4.78, 5) is 30.9. The van der Waals surface area contributed by atoms with Crippen LogP contribution in [-0.2, 0) is 16.0 Å². The van der Waals surface area contributed by atoms with Gasteiger partial charge in [0, 0.05) is 6.07 Å². The first-order chi connectivity index (χ1) is 9.11. The van der Waals surface area contributed by atoms with Gasteiger partial charge in [-0.3, -0.25) is 19.7 Å². The Kier molecular flexibility index (Phi) is 4.27. The number of anilines is 1. The van der Waals surface area contributed by atoms with E-state index in [9.17, 15) is 32.9 Å². The van der Waals surface area contributed by atoms with Crippen molar-refractivity contribution in [1.82, 2.24) is 0 Å². The Morgan fingerprint density at radius 1 is 1.35 bits per heavy atom. The summed E-state index contributed by atoms with van der Waals surface area (Å²) in [6.45, 7) is 0. The number of nitro groups is 1. The number of rotatable bonds is 4. The molecule has 0 fully saturated rings. The molecule has 0 radical (unpaired) electrons. The van der Waals surface area contributed by atoms with E-state index in [2.05, 4.69) is 0 Å². The topological polar surface area (TPSA) is 110 Å². The van der Waals surface area contributed by atoms with Crippen molar-refractivity contribution in [1.29, 1.82) is 0 Å². The van der Waals surface area contributed by atoms with E-state index in [1.807, 2.05) is 0 Å². The fraction of sp³-hybridized carbons (Fsp3) is 0.200. The van der Waals surface area contributed by atoms with Crippen LogP contribution < -0.4 is 5.32 Å². The van der Waals surface area contributed by atoms with E-state index >= 15 is 0 Å². The van der Waals surface area contributed by atoms with Gasteiger partial charge in [-0.15, -0.1) is 0 Å². The largest absolute Gasteiger partial charge is 0.481 e. The van der Waals surface area contributed by atoms with Gasteiger partial charge in [-0.2, -0.15) is 13.2 Å². The maximum atomic E-state index is 12.1. The van der Waals surface area contributed by atoms with Gasteiger partial charge in [-0.1, -0.05) is 6.07 Å². The molecule has 0 aliphatic heterocycles. The summed E-state index contributed by atoms with van der Waals surface area (Å²) in [5.41, 5.74) is -1.46. The summed E-state index contributed by atoms with van der Waals surface area (Å²) in [6.07, 6.45) is -5.72. The third kappa shape index (κ3) is 3.93. The molecule has 0 heterocycles. The number of aliphatic carboxylic acids is 1. The highest BCUT2D eigenvalue weighted by molar-refractivity contribution is 5.96. The molecule has 0 aliphatic carbocycles. The monoisotopic (exact) mass is 292 g/mol. The van der Waals surface area contributed by atoms with Gasteiger partial charge < -0.3 is 10.4 Å². The van der Waals surface area contributed by atoms with Gasteiger partial charge in [0.25, 0.3) is 5.69 Å². The minimum atomic E-state index is -5.19. The number of hydrogen-bond donors (Lipinski definition) is 2. The number of hydrogen-bond acceptors (Lipinski definition) is 4. The molecule has 1 aromatic carbocycles. The van der Waals surface area contributed by atoms with Gasteiger partial charge in [0.15, 0.2) is 0 Å². The molecular formula is C10H7F3N2O5. The second kappa shape index (κ2) is 5.55. The maximum absolute atomic E-state index is 12.1. The first-order valence-electron chi connectivity index (χ1n) is 4.98. The first kappa shape index (κ1) is 15.4. The zero-order valence-corrected chi connectivity index (χ0v) is 9.60. The Morgan fingerprint density at radius 2 is 1.95 bits per heavy atom. The van der Waals surface area contributed by atoms with Crippen molar-refractivity contribution >= 4 is 23.3 Å². The molecule has 108 valence electrons. The van der Waals surface area contributed by atoms with Gasteiger partial charge in [0.2, 0.25) is 0 Å². The zero-order valence-electron chi connectivity index (χ0n) is 9.60. The lowest BCUT2D eigenvalue weighted by Gasteiger charge is -2.09. The van der Waals surface area contributed by atoms with E-state index in [1.54, 1.807) is 0 Å². The van der Waals surface area contributed by atoms with Gasteiger partial charge in [0.1, 0.15) is 5.69 Å². The van der Waals surface area contributed by atoms with E-state index in [4.69, 9.17) is 5.11 Å². The second-order valence-corrected chi connectivity index (χ2v) is 3.63. The number of carbonyl (C=O) groups is 2. The molecular weight excluding hydrogens is 285 g/mol. The van der Waals surface area contributed by atoms with Crippen molar-refractivity contribution in [3.8, 4) is 0 Å². The molecule has 20 heavy (non-hydrogen) atoms. The maximum Gasteiger partial charge on any atom is 0.471 e. The molecule has 1 aromatic rings. The number of amides is 1. The molecule has 7 nitrogen and oxygen atoms in total. The lowest BCUT2D eigenvalue weighted by molar-refractivity contribution is -0.384. The molecule has 0 aliphatic rings. The molecule has 1 rings (SSSR count). The minimum absolute atomic E-state index is 0.0224. The lowest BCUT2D eigenvalue weighted by atomic mass is 10.1. The Morgan fingerprint density at radius 3 is 2.40 bits per heavy atom. The predicted octanol–water partition coefficient (Wildman–Crippen LogP) is 1.72. The molecule has 0 spiro atoms. The van der Waals surface area contributed by atoms with Crippen LogP contribution in [0.4, 0.5) is 24.5 Å². The van der Waals surface area contributed by atoms with Crippen molar-refractivity contribution in [3.05, 3.63) is 33.9 Å². The normalized spacial score (nSPS) is 10.9. The molecule has 0 unspecified atom stereocenters. The number of nitrogens with zero attached hydrogens (tertiary/aromatic N) is 1. The Hall–Kier alpha value is -2.65. The van der Waals surface area contributed by atoms with Crippen molar-refractivity contribution in [2.24, 2.45) is 0 Å². The number of nitrogens with one attached hydrogen (secondary N) is 1. The highest BCUT2D eigenvalue weighted by atomic mass is 19.4. The van der Waals surface area contributed by atoms with E-state index in [1.165, 1.54) is 5.32 Å². The van der Waals surface area contributed by atoms with E-state index < -0.39 is 40.8 Å². The van der Waals surface area contributed by atoms with Crippen molar-refractivity contribution in [2.45, 2.75) is 12.6 Å². The highest BCUT2D eigenvalue weighted by Gasteiger charge is 2.39. The summed E-state index contributed by atoms with van der Waals surface area (Å²) in [7, 11) is 0. The Balaban J connectivity index is 3.11. The van der Waals surface area contributed by atoms with Crippen LogP contribution in [-0.4, -0.2) is 28.1 Å². The number of carboxylic acids is 1. The van der Waals surface area contributed by atoms with Crippen LogP contribution in [0.2, 0.25) is 0 Å². The highest BCUT2D eigenvalue weighted by Crippen LogP contribution is 2.27. The van der Waals surface area contributed by atoms with Crippen LogP contribution in [0.25, 0.3) is 0 Å². The summed E-state index contributed by atoms with van der Waals surface area (Å²) in [5.74, 6) is -3.61. The van der Waals surface area contributed by atoms with Crippen molar-refractivity contribution in [2.75, 3.05) is 5.32 Å². The molecule has 1 amide bonds. The second-order valence-electron chi connectivity index (χ2n) is 3.63. The third-order valence-corrected chi connectivity index (χ3v) is 2.12. The van der Waals surface area contributed by atoms with Gasteiger partial charge in [-0.25, -0.2) is 0 Å². The summed E-state index contributed by atoms with van der Waals surface area (Å²) in [6, 6.07) is 2.72. The number of carboxylic acid groups (broad SMARTS) is 1.